The van der Waals surface area contributed by atoms with Gasteiger partial charge in [-0.1, -0.05) is 0 Å². The molecule has 1 aromatic rings. The third-order valence-corrected chi connectivity index (χ3v) is 4.89. The summed E-state index contributed by atoms with van der Waals surface area (Å²) >= 11 is 0. The number of nitrogens with zero attached hydrogens (tertiary/aromatic N) is 2. The van der Waals surface area contributed by atoms with Crippen LogP contribution in [0.1, 0.15) is 19.3 Å². The first-order valence-electron chi connectivity index (χ1n) is 5.90. The lowest BCUT2D eigenvalue weighted by atomic mass is 10.0. The molecule has 1 N–H and O–H groups in total. The van der Waals surface area contributed by atoms with Crippen LogP contribution in [-0.2, 0) is 10.0 Å². The second-order valence-electron chi connectivity index (χ2n) is 4.52. The van der Waals surface area contributed by atoms with Crippen LogP contribution in [0.4, 0.5) is 5.82 Å². The van der Waals surface area contributed by atoms with E-state index in [2.05, 4.69) is 14.6 Å². The minimum atomic E-state index is -3.39. The van der Waals surface area contributed by atoms with Gasteiger partial charge in [-0.2, -0.15) is 0 Å². The van der Waals surface area contributed by atoms with Crippen molar-refractivity contribution in [2.75, 3.05) is 18.0 Å². The van der Waals surface area contributed by atoms with Crippen LogP contribution in [0.3, 0.4) is 0 Å². The van der Waals surface area contributed by atoms with Crippen molar-refractivity contribution in [1.29, 1.82) is 0 Å². The molecule has 6 heteroatoms. The standard InChI is InChI=1S/C11H15N3O2S/c15-17(16)10-5-3-6-12-11(10)14-7-2-1-4-9(14)8-13-17/h3,5-6,9,13H,1-2,4,7-8H2/t9-/m1/s1. The summed E-state index contributed by atoms with van der Waals surface area (Å²) in [6.45, 7) is 1.38. The van der Waals surface area contributed by atoms with Crippen LogP contribution in [-0.4, -0.2) is 32.5 Å². The maximum Gasteiger partial charge on any atom is 0.244 e. The normalized spacial score (nSPS) is 26.8. The van der Waals surface area contributed by atoms with Crippen LogP contribution in [0.2, 0.25) is 0 Å². The summed E-state index contributed by atoms with van der Waals surface area (Å²) in [5.74, 6) is 0.613. The SMILES string of the molecule is O=S1(=O)NC[C@H]2CCCCN2c2ncccc21. The van der Waals surface area contributed by atoms with Crippen molar-refractivity contribution in [3.8, 4) is 0 Å². The van der Waals surface area contributed by atoms with Crippen LogP contribution >= 0.6 is 0 Å². The van der Waals surface area contributed by atoms with Gasteiger partial charge in [0.05, 0.1) is 0 Å². The van der Waals surface area contributed by atoms with Crippen molar-refractivity contribution in [3.05, 3.63) is 18.3 Å². The molecule has 3 heterocycles. The summed E-state index contributed by atoms with van der Waals surface area (Å²) in [6, 6.07) is 3.54. The van der Waals surface area contributed by atoms with Crippen molar-refractivity contribution < 1.29 is 8.42 Å². The molecular weight excluding hydrogens is 238 g/mol. The summed E-state index contributed by atoms with van der Waals surface area (Å²) < 4.78 is 26.8. The number of hydrogen-bond donors (Lipinski definition) is 1. The Morgan fingerprint density at radius 3 is 3.18 bits per heavy atom. The Morgan fingerprint density at radius 1 is 1.41 bits per heavy atom. The number of hydrogen-bond acceptors (Lipinski definition) is 4. The van der Waals surface area contributed by atoms with Gasteiger partial charge in [0, 0.05) is 25.3 Å². The van der Waals surface area contributed by atoms with E-state index in [1.54, 1.807) is 18.3 Å². The first-order chi connectivity index (χ1) is 8.18. The highest BCUT2D eigenvalue weighted by atomic mass is 32.2. The quantitative estimate of drug-likeness (QED) is 0.740. The van der Waals surface area contributed by atoms with Crippen molar-refractivity contribution in [1.82, 2.24) is 9.71 Å². The second-order valence-corrected chi connectivity index (χ2v) is 6.26. The molecule has 3 rings (SSSR count). The molecule has 0 spiro atoms. The fourth-order valence-corrected chi connectivity index (χ4v) is 3.82. The second kappa shape index (κ2) is 3.96. The summed E-state index contributed by atoms with van der Waals surface area (Å²) in [7, 11) is -3.39. The van der Waals surface area contributed by atoms with E-state index in [9.17, 15) is 8.42 Å². The Bertz CT molecular complexity index is 529. The number of pyridine rings is 1. The van der Waals surface area contributed by atoms with Crippen LogP contribution in [0.25, 0.3) is 0 Å². The molecule has 1 saturated heterocycles. The van der Waals surface area contributed by atoms with E-state index in [0.717, 1.165) is 25.8 Å². The minimum absolute atomic E-state index is 0.245. The van der Waals surface area contributed by atoms with Gasteiger partial charge in [-0.15, -0.1) is 0 Å². The summed E-state index contributed by atoms with van der Waals surface area (Å²) in [4.78, 5) is 6.71. The molecule has 0 unspecified atom stereocenters. The Kier molecular flexibility index (Phi) is 2.56. The minimum Gasteiger partial charge on any atom is -0.351 e. The summed E-state index contributed by atoms with van der Waals surface area (Å²) in [5.41, 5.74) is 0. The smallest absolute Gasteiger partial charge is 0.244 e. The molecule has 1 fully saturated rings. The maximum atomic E-state index is 12.1. The van der Waals surface area contributed by atoms with Gasteiger partial charge in [0.25, 0.3) is 0 Å². The molecule has 0 aromatic carbocycles. The Labute approximate surface area is 101 Å². The topological polar surface area (TPSA) is 62.3 Å². The van der Waals surface area contributed by atoms with Gasteiger partial charge in [-0.3, -0.25) is 0 Å². The Hall–Kier alpha value is -1.14. The number of nitrogens with one attached hydrogen (secondary N) is 1. The van der Waals surface area contributed by atoms with Gasteiger partial charge in [-0.05, 0) is 31.4 Å². The van der Waals surface area contributed by atoms with Crippen molar-refractivity contribution in [3.63, 3.8) is 0 Å². The zero-order chi connectivity index (χ0) is 11.9. The summed E-state index contributed by atoms with van der Waals surface area (Å²) in [6.07, 6.45) is 4.95. The molecule has 2 aliphatic rings. The van der Waals surface area contributed by atoms with Crippen LogP contribution in [0.5, 0.6) is 0 Å². The van der Waals surface area contributed by atoms with Gasteiger partial charge in [0.1, 0.15) is 10.7 Å². The molecular formula is C11H15N3O2S. The molecule has 2 aliphatic heterocycles. The van der Waals surface area contributed by atoms with E-state index in [1.165, 1.54) is 0 Å². The molecule has 0 radical (unpaired) electrons. The zero-order valence-electron chi connectivity index (χ0n) is 9.46. The van der Waals surface area contributed by atoms with Crippen molar-refractivity contribution in [2.45, 2.75) is 30.2 Å². The third-order valence-electron chi connectivity index (χ3n) is 3.45. The number of aromatic nitrogens is 1. The molecule has 0 bridgehead atoms. The average molecular weight is 253 g/mol. The van der Waals surface area contributed by atoms with Gasteiger partial charge in [-0.25, -0.2) is 18.1 Å². The van der Waals surface area contributed by atoms with E-state index >= 15 is 0 Å². The Morgan fingerprint density at radius 2 is 2.29 bits per heavy atom. The van der Waals surface area contributed by atoms with Gasteiger partial charge in [0.15, 0.2) is 0 Å². The zero-order valence-corrected chi connectivity index (χ0v) is 10.3. The van der Waals surface area contributed by atoms with E-state index in [0.29, 0.717) is 17.3 Å². The highest BCUT2D eigenvalue weighted by molar-refractivity contribution is 7.89. The van der Waals surface area contributed by atoms with E-state index < -0.39 is 10.0 Å². The van der Waals surface area contributed by atoms with Gasteiger partial charge in [0.2, 0.25) is 10.0 Å². The lowest BCUT2D eigenvalue weighted by Gasteiger charge is -2.35. The van der Waals surface area contributed by atoms with Crippen molar-refractivity contribution >= 4 is 15.8 Å². The fourth-order valence-electron chi connectivity index (χ4n) is 2.58. The van der Waals surface area contributed by atoms with Crippen molar-refractivity contribution in [2.24, 2.45) is 0 Å². The maximum absolute atomic E-state index is 12.1. The van der Waals surface area contributed by atoms with Gasteiger partial charge < -0.3 is 4.90 Å². The number of fused-ring (bicyclic) bond motifs is 3. The lowest BCUT2D eigenvalue weighted by Crippen LogP contribution is -2.44. The number of sulfonamides is 1. The fraction of sp³-hybridized carbons (Fsp3) is 0.545. The molecule has 5 nitrogen and oxygen atoms in total. The molecule has 1 aromatic heterocycles. The largest absolute Gasteiger partial charge is 0.351 e. The number of piperidine rings is 1. The van der Waals surface area contributed by atoms with E-state index in [4.69, 9.17) is 0 Å². The van der Waals surface area contributed by atoms with Crippen LogP contribution < -0.4 is 9.62 Å². The molecule has 1 atom stereocenters. The average Bonchev–Trinajstić information content (AvgIpc) is 2.47. The number of anilines is 1. The third kappa shape index (κ3) is 1.81. The Balaban J connectivity index is 2.15. The molecule has 0 aliphatic carbocycles. The lowest BCUT2D eigenvalue weighted by molar-refractivity contribution is 0.454. The molecule has 0 saturated carbocycles. The monoisotopic (exact) mass is 253 g/mol. The molecule has 17 heavy (non-hydrogen) atoms. The summed E-state index contributed by atoms with van der Waals surface area (Å²) in [5, 5.41) is 0. The van der Waals surface area contributed by atoms with E-state index in [-0.39, 0.29) is 6.04 Å². The highest BCUT2D eigenvalue weighted by Crippen LogP contribution is 2.30. The molecule has 92 valence electrons. The predicted molar refractivity (Wildman–Crippen MR) is 64.4 cm³/mol. The van der Waals surface area contributed by atoms with Gasteiger partial charge >= 0.3 is 0 Å². The van der Waals surface area contributed by atoms with E-state index in [1.807, 2.05) is 0 Å². The number of rotatable bonds is 0. The highest BCUT2D eigenvalue weighted by Gasteiger charge is 2.33. The van der Waals surface area contributed by atoms with Crippen LogP contribution in [0, 0.1) is 0 Å². The predicted octanol–water partition coefficient (Wildman–Crippen LogP) is 0.732. The first-order valence-corrected chi connectivity index (χ1v) is 7.38. The van der Waals surface area contributed by atoms with Crippen LogP contribution in [0.15, 0.2) is 23.2 Å². The molecule has 0 amide bonds. The first kappa shape index (κ1) is 11.0.